The summed E-state index contributed by atoms with van der Waals surface area (Å²) >= 11 is 5.88. The summed E-state index contributed by atoms with van der Waals surface area (Å²) in [7, 11) is -3.64. The predicted molar refractivity (Wildman–Crippen MR) is 92.6 cm³/mol. The molecule has 1 aromatic carbocycles. The van der Waals surface area contributed by atoms with Crippen LogP contribution in [0.4, 0.5) is 4.79 Å². The first-order valence-electron chi connectivity index (χ1n) is 8.27. The Labute approximate surface area is 147 Å². The van der Waals surface area contributed by atoms with E-state index in [1.54, 1.807) is 17.0 Å². The van der Waals surface area contributed by atoms with E-state index in [-0.39, 0.29) is 17.0 Å². The smallest absolute Gasteiger partial charge is 0.320 e. The minimum absolute atomic E-state index is 0.0270. The molecule has 3 rings (SSSR count). The van der Waals surface area contributed by atoms with Gasteiger partial charge in [-0.05, 0) is 43.9 Å². The molecular weight excluding hydrogens is 350 g/mol. The molecule has 24 heavy (non-hydrogen) atoms. The van der Waals surface area contributed by atoms with Crippen molar-refractivity contribution >= 4 is 27.7 Å². The number of hydrogen-bond acceptors (Lipinski definition) is 3. The molecule has 1 N–H and O–H groups in total. The van der Waals surface area contributed by atoms with Gasteiger partial charge in [0.15, 0.2) is 0 Å². The van der Waals surface area contributed by atoms with Gasteiger partial charge in [0.25, 0.3) is 0 Å². The number of hydrogen-bond donors (Lipinski definition) is 1. The van der Waals surface area contributed by atoms with Crippen molar-refractivity contribution < 1.29 is 13.2 Å². The zero-order valence-electron chi connectivity index (χ0n) is 13.4. The van der Waals surface area contributed by atoms with E-state index in [1.807, 2.05) is 4.90 Å². The van der Waals surface area contributed by atoms with Crippen molar-refractivity contribution in [3.05, 3.63) is 29.3 Å². The fraction of sp³-hybridized carbons (Fsp3) is 0.562. The molecule has 1 unspecified atom stereocenters. The molecule has 6 nitrogen and oxygen atoms in total. The number of amides is 2. The van der Waals surface area contributed by atoms with Crippen LogP contribution in [0.25, 0.3) is 0 Å². The van der Waals surface area contributed by atoms with Gasteiger partial charge in [0.2, 0.25) is 10.0 Å². The Bertz CT molecular complexity index is 704. The van der Waals surface area contributed by atoms with Crippen LogP contribution < -0.4 is 4.72 Å². The van der Waals surface area contributed by atoms with E-state index in [0.29, 0.717) is 18.1 Å². The minimum Gasteiger partial charge on any atom is -0.325 e. The lowest BCUT2D eigenvalue weighted by atomic mass is 10.1. The van der Waals surface area contributed by atoms with Crippen LogP contribution in [0.15, 0.2) is 29.2 Å². The van der Waals surface area contributed by atoms with Gasteiger partial charge in [-0.25, -0.2) is 17.9 Å². The number of likely N-dealkylation sites (tertiary alicyclic amines) is 2. The zero-order chi connectivity index (χ0) is 17.2. The summed E-state index contributed by atoms with van der Waals surface area (Å²) in [5, 5.41) is 0.382. The van der Waals surface area contributed by atoms with Gasteiger partial charge in [-0.15, -0.1) is 0 Å². The van der Waals surface area contributed by atoms with Crippen LogP contribution in [-0.4, -0.2) is 56.5 Å². The number of nitrogens with one attached hydrogen (secondary N) is 1. The van der Waals surface area contributed by atoms with Gasteiger partial charge in [-0.1, -0.05) is 17.7 Å². The highest BCUT2D eigenvalue weighted by Crippen LogP contribution is 2.19. The second-order valence-corrected chi connectivity index (χ2v) is 8.49. The second-order valence-electron chi connectivity index (χ2n) is 6.34. The first-order valence-corrected chi connectivity index (χ1v) is 10.1. The lowest BCUT2D eigenvalue weighted by Crippen LogP contribution is -2.52. The lowest BCUT2D eigenvalue weighted by Gasteiger charge is -2.35. The Morgan fingerprint density at radius 3 is 2.54 bits per heavy atom. The Kier molecular flexibility index (Phi) is 5.32. The monoisotopic (exact) mass is 371 g/mol. The molecule has 2 amide bonds. The lowest BCUT2D eigenvalue weighted by molar-refractivity contribution is 0.145. The van der Waals surface area contributed by atoms with E-state index in [9.17, 15) is 13.2 Å². The van der Waals surface area contributed by atoms with Gasteiger partial charge in [0.1, 0.15) is 0 Å². The molecule has 2 saturated heterocycles. The molecule has 132 valence electrons. The first-order chi connectivity index (χ1) is 11.5. The molecule has 2 fully saturated rings. The molecule has 0 saturated carbocycles. The van der Waals surface area contributed by atoms with Crippen LogP contribution in [-0.2, 0) is 10.0 Å². The Morgan fingerprint density at radius 2 is 1.83 bits per heavy atom. The van der Waals surface area contributed by atoms with Crippen LogP contribution in [0.3, 0.4) is 0 Å². The number of benzene rings is 1. The fourth-order valence-corrected chi connectivity index (χ4v) is 4.84. The SMILES string of the molecule is O=C(N1CCCC1)N1CCCC(NS(=O)(=O)c2cccc(Cl)c2)C1. The van der Waals surface area contributed by atoms with Gasteiger partial charge >= 0.3 is 6.03 Å². The molecule has 0 aliphatic carbocycles. The first kappa shape index (κ1) is 17.5. The van der Waals surface area contributed by atoms with Gasteiger partial charge in [-0.3, -0.25) is 0 Å². The molecule has 8 heteroatoms. The third-order valence-electron chi connectivity index (χ3n) is 4.50. The number of rotatable bonds is 3. The van der Waals surface area contributed by atoms with Crippen molar-refractivity contribution in [1.82, 2.24) is 14.5 Å². The average Bonchev–Trinajstić information content (AvgIpc) is 3.08. The number of carbonyl (C=O) groups excluding carboxylic acids is 1. The maximum Gasteiger partial charge on any atom is 0.320 e. The summed E-state index contributed by atoms with van der Waals surface area (Å²) in [5.74, 6) is 0. The molecule has 2 aliphatic heterocycles. The Morgan fingerprint density at radius 1 is 1.12 bits per heavy atom. The third kappa shape index (κ3) is 4.02. The minimum atomic E-state index is -3.64. The molecule has 2 aliphatic rings. The average molecular weight is 372 g/mol. The number of sulfonamides is 1. The summed E-state index contributed by atoms with van der Waals surface area (Å²) in [5.41, 5.74) is 0. The third-order valence-corrected chi connectivity index (χ3v) is 6.25. The molecule has 0 aromatic heterocycles. The quantitative estimate of drug-likeness (QED) is 0.886. The molecule has 1 atom stereocenters. The molecular formula is C16H22ClN3O3S. The highest BCUT2D eigenvalue weighted by Gasteiger charge is 2.30. The van der Waals surface area contributed by atoms with E-state index >= 15 is 0 Å². The number of carbonyl (C=O) groups is 1. The normalized spacial score (nSPS) is 22.0. The number of urea groups is 1. The molecule has 1 aromatic rings. The number of piperidine rings is 1. The van der Waals surface area contributed by atoms with Crippen LogP contribution in [0, 0.1) is 0 Å². The Balaban J connectivity index is 1.65. The topological polar surface area (TPSA) is 69.7 Å². The van der Waals surface area contributed by atoms with E-state index in [1.165, 1.54) is 12.1 Å². The standard InChI is InChI=1S/C16H22ClN3O3S/c17-13-5-3-7-15(11-13)24(22,23)18-14-6-4-10-20(12-14)16(21)19-8-1-2-9-19/h3,5,7,11,14,18H,1-2,4,6,8-10,12H2. The highest BCUT2D eigenvalue weighted by molar-refractivity contribution is 7.89. The summed E-state index contributed by atoms with van der Waals surface area (Å²) in [6.45, 7) is 2.70. The molecule has 0 radical (unpaired) electrons. The van der Waals surface area contributed by atoms with Crippen LogP contribution in [0.5, 0.6) is 0 Å². The van der Waals surface area contributed by atoms with Gasteiger partial charge < -0.3 is 9.80 Å². The summed E-state index contributed by atoms with van der Waals surface area (Å²) in [6.07, 6.45) is 3.61. The van der Waals surface area contributed by atoms with E-state index in [0.717, 1.165) is 38.8 Å². The van der Waals surface area contributed by atoms with Crippen LogP contribution in [0.2, 0.25) is 5.02 Å². The highest BCUT2D eigenvalue weighted by atomic mass is 35.5. The van der Waals surface area contributed by atoms with Gasteiger partial charge in [-0.2, -0.15) is 0 Å². The Hall–Kier alpha value is -1.31. The second kappa shape index (κ2) is 7.29. The number of nitrogens with zero attached hydrogens (tertiary/aromatic N) is 2. The van der Waals surface area contributed by atoms with Crippen molar-refractivity contribution in [1.29, 1.82) is 0 Å². The molecule has 2 heterocycles. The maximum absolute atomic E-state index is 12.5. The number of halogens is 1. The largest absolute Gasteiger partial charge is 0.325 e. The van der Waals surface area contributed by atoms with E-state index < -0.39 is 10.0 Å². The summed E-state index contributed by atoms with van der Waals surface area (Å²) < 4.78 is 27.7. The van der Waals surface area contributed by atoms with Crippen LogP contribution >= 0.6 is 11.6 Å². The predicted octanol–water partition coefficient (Wildman–Crippen LogP) is 2.30. The fourth-order valence-electron chi connectivity index (χ4n) is 3.28. The zero-order valence-corrected chi connectivity index (χ0v) is 15.0. The van der Waals surface area contributed by atoms with Crippen molar-refractivity contribution in [2.24, 2.45) is 0 Å². The maximum atomic E-state index is 12.5. The van der Waals surface area contributed by atoms with Crippen molar-refractivity contribution in [2.45, 2.75) is 36.6 Å². The summed E-state index contributed by atoms with van der Waals surface area (Å²) in [6, 6.07) is 5.95. The van der Waals surface area contributed by atoms with E-state index in [4.69, 9.17) is 11.6 Å². The molecule has 0 spiro atoms. The van der Waals surface area contributed by atoms with Crippen molar-refractivity contribution in [3.8, 4) is 0 Å². The van der Waals surface area contributed by atoms with Crippen molar-refractivity contribution in [2.75, 3.05) is 26.2 Å². The summed E-state index contributed by atoms with van der Waals surface area (Å²) in [4.78, 5) is 16.3. The van der Waals surface area contributed by atoms with Crippen molar-refractivity contribution in [3.63, 3.8) is 0 Å². The van der Waals surface area contributed by atoms with Gasteiger partial charge in [0.05, 0.1) is 4.90 Å². The van der Waals surface area contributed by atoms with Gasteiger partial charge in [0, 0.05) is 37.2 Å². The van der Waals surface area contributed by atoms with Crippen LogP contribution in [0.1, 0.15) is 25.7 Å². The van der Waals surface area contributed by atoms with E-state index in [2.05, 4.69) is 4.72 Å². The molecule has 0 bridgehead atoms.